The third-order valence-electron chi connectivity index (χ3n) is 4.61. The first kappa shape index (κ1) is 21.2. The van der Waals surface area contributed by atoms with Gasteiger partial charge in [-0.15, -0.1) is 0 Å². The summed E-state index contributed by atoms with van der Waals surface area (Å²) in [5.74, 6) is 0.690. The molecule has 1 aliphatic rings. The number of carbonyl (C=O) groups excluding carboxylic acids is 1. The molecule has 0 bridgehead atoms. The lowest BCUT2D eigenvalue weighted by molar-refractivity contribution is -0.122. The maximum absolute atomic E-state index is 12.8. The molecule has 0 radical (unpaired) electrons. The average molecular weight is 450 g/mol. The predicted molar refractivity (Wildman–Crippen MR) is 127 cm³/mol. The topological polar surface area (TPSA) is 54.8 Å². The summed E-state index contributed by atoms with van der Waals surface area (Å²) in [6.07, 6.45) is 5.25. The van der Waals surface area contributed by atoms with Gasteiger partial charge in [-0.1, -0.05) is 41.9 Å². The van der Waals surface area contributed by atoms with E-state index in [2.05, 4.69) is 9.98 Å². The molecule has 0 N–H and O–H groups in total. The zero-order chi connectivity index (χ0) is 21.6. The van der Waals surface area contributed by atoms with Gasteiger partial charge in [-0.25, -0.2) is 4.99 Å². The maximum atomic E-state index is 12.8. The zero-order valence-electron chi connectivity index (χ0n) is 16.9. The molecule has 0 atom stereocenters. The number of hydrogen-bond donors (Lipinski definition) is 0. The van der Waals surface area contributed by atoms with Crippen LogP contribution in [0.3, 0.4) is 0 Å². The van der Waals surface area contributed by atoms with Crippen molar-refractivity contribution in [3.63, 3.8) is 0 Å². The SMILES string of the molecule is CCN1C(=O)/C(=C/c2ccc(OCc3ccccc3Cl)cc2)SC1=Nc1cccnc1. The van der Waals surface area contributed by atoms with Gasteiger partial charge in [0.05, 0.1) is 16.8 Å². The van der Waals surface area contributed by atoms with Gasteiger partial charge in [0.25, 0.3) is 5.91 Å². The molecule has 1 aromatic heterocycles. The van der Waals surface area contributed by atoms with Crippen LogP contribution in [0, 0.1) is 0 Å². The lowest BCUT2D eigenvalue weighted by Crippen LogP contribution is -2.28. The molecule has 0 aliphatic carbocycles. The van der Waals surface area contributed by atoms with Crippen LogP contribution in [-0.4, -0.2) is 27.5 Å². The van der Waals surface area contributed by atoms with Crippen molar-refractivity contribution in [1.29, 1.82) is 0 Å². The number of aliphatic imine (C=N–C) groups is 1. The summed E-state index contributed by atoms with van der Waals surface area (Å²) in [5.41, 5.74) is 2.57. The van der Waals surface area contributed by atoms with E-state index in [4.69, 9.17) is 16.3 Å². The first-order valence-corrected chi connectivity index (χ1v) is 11.0. The number of thioether (sulfide) groups is 1. The molecule has 1 fully saturated rings. The Morgan fingerprint density at radius 1 is 1.13 bits per heavy atom. The minimum Gasteiger partial charge on any atom is -0.489 e. The third kappa shape index (κ3) is 5.16. The monoisotopic (exact) mass is 449 g/mol. The second-order valence-electron chi connectivity index (χ2n) is 6.71. The van der Waals surface area contributed by atoms with E-state index in [0.717, 1.165) is 22.6 Å². The van der Waals surface area contributed by atoms with E-state index in [0.29, 0.717) is 28.2 Å². The van der Waals surface area contributed by atoms with Crippen LogP contribution in [0.15, 0.2) is 83.0 Å². The van der Waals surface area contributed by atoms with Crippen molar-refractivity contribution >= 4 is 46.2 Å². The quantitative estimate of drug-likeness (QED) is 0.437. The van der Waals surface area contributed by atoms with Gasteiger partial charge in [0.1, 0.15) is 12.4 Å². The number of amides is 1. The van der Waals surface area contributed by atoms with Crippen LogP contribution < -0.4 is 4.74 Å². The zero-order valence-corrected chi connectivity index (χ0v) is 18.4. The number of amidine groups is 1. The van der Waals surface area contributed by atoms with E-state index in [-0.39, 0.29) is 5.91 Å². The van der Waals surface area contributed by atoms with Crippen LogP contribution in [0.25, 0.3) is 6.08 Å². The number of carbonyl (C=O) groups is 1. The number of pyridine rings is 1. The van der Waals surface area contributed by atoms with E-state index in [1.807, 2.05) is 73.7 Å². The lowest BCUT2D eigenvalue weighted by atomic mass is 10.2. The number of hydrogen-bond acceptors (Lipinski definition) is 5. The Bertz CT molecular complexity index is 1130. The standard InChI is InChI=1S/C24H20ClN3O2S/c1-2-28-23(29)22(31-24(28)27-19-7-5-13-26-15-19)14-17-9-11-20(12-10-17)30-16-18-6-3-4-8-21(18)25/h3-15H,2,16H2,1H3/b22-14-,27-24?. The minimum absolute atomic E-state index is 0.0470. The number of likely N-dealkylation sites (N-methyl/N-ethyl adjacent to an activating group) is 1. The summed E-state index contributed by atoms with van der Waals surface area (Å²) < 4.78 is 5.83. The second-order valence-corrected chi connectivity index (χ2v) is 8.13. The molecule has 3 aromatic rings. The molecule has 1 amide bonds. The van der Waals surface area contributed by atoms with Gasteiger partial charge < -0.3 is 4.74 Å². The summed E-state index contributed by atoms with van der Waals surface area (Å²) in [4.78, 5) is 23.8. The Kier molecular flexibility index (Phi) is 6.70. The molecule has 5 nitrogen and oxygen atoms in total. The van der Waals surface area contributed by atoms with Crippen molar-refractivity contribution in [2.24, 2.45) is 4.99 Å². The average Bonchev–Trinajstić information content (AvgIpc) is 3.08. The van der Waals surface area contributed by atoms with E-state index >= 15 is 0 Å². The van der Waals surface area contributed by atoms with E-state index in [1.54, 1.807) is 17.3 Å². The Morgan fingerprint density at radius 3 is 2.65 bits per heavy atom. The fraction of sp³-hybridized carbons (Fsp3) is 0.125. The Balaban J connectivity index is 1.47. The van der Waals surface area contributed by atoms with E-state index in [9.17, 15) is 4.79 Å². The molecule has 31 heavy (non-hydrogen) atoms. The van der Waals surface area contributed by atoms with Crippen molar-refractivity contribution in [3.05, 3.63) is 94.1 Å². The van der Waals surface area contributed by atoms with E-state index in [1.165, 1.54) is 11.8 Å². The fourth-order valence-electron chi connectivity index (χ4n) is 2.99. The summed E-state index contributed by atoms with van der Waals surface area (Å²) in [6.45, 7) is 2.89. The van der Waals surface area contributed by atoms with Crippen molar-refractivity contribution in [2.45, 2.75) is 13.5 Å². The Hall–Kier alpha value is -3.09. The largest absolute Gasteiger partial charge is 0.489 e. The highest BCUT2D eigenvalue weighted by atomic mass is 35.5. The number of aromatic nitrogens is 1. The smallest absolute Gasteiger partial charge is 0.266 e. The van der Waals surface area contributed by atoms with Crippen molar-refractivity contribution in [2.75, 3.05) is 6.54 Å². The van der Waals surface area contributed by atoms with Crippen LogP contribution in [-0.2, 0) is 11.4 Å². The second kappa shape index (κ2) is 9.81. The summed E-state index contributed by atoms with van der Waals surface area (Å²) >= 11 is 7.54. The predicted octanol–water partition coefficient (Wildman–Crippen LogP) is 5.94. The molecule has 1 saturated heterocycles. The highest BCUT2D eigenvalue weighted by molar-refractivity contribution is 8.18. The number of nitrogens with zero attached hydrogens (tertiary/aromatic N) is 3. The maximum Gasteiger partial charge on any atom is 0.266 e. The number of halogens is 1. The number of rotatable bonds is 6. The first-order chi connectivity index (χ1) is 15.1. The summed E-state index contributed by atoms with van der Waals surface area (Å²) in [5, 5.41) is 1.34. The highest BCUT2D eigenvalue weighted by Gasteiger charge is 2.32. The van der Waals surface area contributed by atoms with Gasteiger partial charge in [0.2, 0.25) is 0 Å². The summed E-state index contributed by atoms with van der Waals surface area (Å²) in [6, 6.07) is 18.9. The first-order valence-electron chi connectivity index (χ1n) is 9.80. The van der Waals surface area contributed by atoms with Gasteiger partial charge in [-0.2, -0.15) is 0 Å². The minimum atomic E-state index is -0.0470. The summed E-state index contributed by atoms with van der Waals surface area (Å²) in [7, 11) is 0. The number of benzene rings is 2. The molecule has 0 spiro atoms. The van der Waals surface area contributed by atoms with E-state index < -0.39 is 0 Å². The van der Waals surface area contributed by atoms with Crippen LogP contribution in [0.5, 0.6) is 5.75 Å². The molecule has 2 heterocycles. The van der Waals surface area contributed by atoms with Gasteiger partial charge in [0.15, 0.2) is 5.17 Å². The van der Waals surface area contributed by atoms with Crippen molar-refractivity contribution in [3.8, 4) is 5.75 Å². The van der Waals surface area contributed by atoms with Gasteiger partial charge in [0, 0.05) is 23.3 Å². The van der Waals surface area contributed by atoms with Gasteiger partial charge in [-0.05, 0) is 60.7 Å². The molecule has 1 aliphatic heterocycles. The van der Waals surface area contributed by atoms with Crippen molar-refractivity contribution in [1.82, 2.24) is 9.88 Å². The third-order valence-corrected chi connectivity index (χ3v) is 5.98. The van der Waals surface area contributed by atoms with Crippen LogP contribution in [0.1, 0.15) is 18.1 Å². The van der Waals surface area contributed by atoms with Crippen LogP contribution in [0.4, 0.5) is 5.69 Å². The van der Waals surface area contributed by atoms with Gasteiger partial charge in [-0.3, -0.25) is 14.7 Å². The molecular formula is C24H20ClN3O2S. The lowest BCUT2D eigenvalue weighted by Gasteiger charge is -2.11. The van der Waals surface area contributed by atoms with Crippen LogP contribution >= 0.6 is 23.4 Å². The normalized spacial score (nSPS) is 16.3. The fourth-order valence-corrected chi connectivity index (χ4v) is 4.24. The Morgan fingerprint density at radius 2 is 1.94 bits per heavy atom. The highest BCUT2D eigenvalue weighted by Crippen LogP contribution is 2.34. The molecule has 0 unspecified atom stereocenters. The molecule has 4 rings (SSSR count). The number of ether oxygens (including phenoxy) is 1. The Labute approximate surface area is 190 Å². The van der Waals surface area contributed by atoms with Gasteiger partial charge >= 0.3 is 0 Å². The molecule has 2 aromatic carbocycles. The van der Waals surface area contributed by atoms with Crippen LogP contribution in [0.2, 0.25) is 5.02 Å². The molecule has 7 heteroatoms. The molecule has 156 valence electrons. The molecular weight excluding hydrogens is 430 g/mol. The molecule has 0 saturated carbocycles. The van der Waals surface area contributed by atoms with Crippen molar-refractivity contribution < 1.29 is 9.53 Å².